The Kier molecular flexibility index (Phi) is 5.05. The van der Waals surface area contributed by atoms with Crippen LogP contribution in [-0.4, -0.2) is 57.0 Å². The fourth-order valence-corrected chi connectivity index (χ4v) is 3.66. The molecule has 0 saturated carbocycles. The van der Waals surface area contributed by atoms with E-state index in [2.05, 4.69) is 15.2 Å². The smallest absolute Gasteiger partial charge is 0.323 e. The predicted octanol–water partition coefficient (Wildman–Crippen LogP) is 3.26. The number of hydrogen-bond acceptors (Lipinski definition) is 7. The van der Waals surface area contributed by atoms with Gasteiger partial charge in [0.2, 0.25) is 0 Å². The van der Waals surface area contributed by atoms with E-state index in [4.69, 9.17) is 20.9 Å². The number of rotatable bonds is 3. The number of carbonyl (C=O) groups excluding carboxylic acids is 1. The highest BCUT2D eigenvalue weighted by Crippen LogP contribution is 2.26. The third-order valence-corrected chi connectivity index (χ3v) is 5.27. The van der Waals surface area contributed by atoms with Gasteiger partial charge in [-0.2, -0.15) is 20.0 Å². The molecule has 0 radical (unpaired) electrons. The number of aryl methyl sites for hydroxylation is 1. The molecule has 1 amide bonds. The van der Waals surface area contributed by atoms with Crippen molar-refractivity contribution in [1.82, 2.24) is 24.9 Å². The molecular weight excluding hydrogens is 420 g/mol. The van der Waals surface area contributed by atoms with Crippen molar-refractivity contribution >= 4 is 34.6 Å². The van der Waals surface area contributed by atoms with Gasteiger partial charge < -0.3 is 9.32 Å². The number of hydrogen-bond donors (Lipinski definition) is 0. The number of hydroxylamine groups is 1. The number of amides is 1. The van der Waals surface area contributed by atoms with E-state index in [1.807, 2.05) is 25.1 Å². The van der Waals surface area contributed by atoms with Gasteiger partial charge in [-0.15, -0.1) is 0 Å². The Hall–Kier alpha value is -3.43. The SMILES string of the molecule is Cc1ccc(-n2nccn2)c(C(=O)N2CCON(c3nc4ccc(Cl)cc4o3)CC2)c1. The predicted molar refractivity (Wildman–Crippen MR) is 114 cm³/mol. The van der Waals surface area contributed by atoms with Crippen LogP contribution in [0.25, 0.3) is 16.8 Å². The summed E-state index contributed by atoms with van der Waals surface area (Å²) in [5, 5.41) is 10.5. The molecule has 3 heterocycles. The summed E-state index contributed by atoms with van der Waals surface area (Å²) in [5.74, 6) is -0.106. The van der Waals surface area contributed by atoms with Gasteiger partial charge in [0.25, 0.3) is 5.91 Å². The van der Waals surface area contributed by atoms with Crippen molar-refractivity contribution in [3.8, 4) is 5.69 Å². The average molecular weight is 439 g/mol. The van der Waals surface area contributed by atoms with Gasteiger partial charge in [-0.1, -0.05) is 23.2 Å². The van der Waals surface area contributed by atoms with Gasteiger partial charge >= 0.3 is 6.01 Å². The molecular formula is C21H19ClN6O3. The van der Waals surface area contributed by atoms with Crippen LogP contribution in [0.1, 0.15) is 15.9 Å². The molecule has 0 unspecified atom stereocenters. The van der Waals surface area contributed by atoms with Crippen molar-refractivity contribution in [2.45, 2.75) is 6.92 Å². The van der Waals surface area contributed by atoms with E-state index in [9.17, 15) is 4.79 Å². The molecule has 5 rings (SSSR count). The molecule has 9 nitrogen and oxygen atoms in total. The highest BCUT2D eigenvalue weighted by atomic mass is 35.5. The van der Waals surface area contributed by atoms with E-state index in [-0.39, 0.29) is 5.91 Å². The lowest BCUT2D eigenvalue weighted by atomic mass is 10.1. The first-order chi connectivity index (χ1) is 15.1. The third kappa shape index (κ3) is 3.85. The lowest BCUT2D eigenvalue weighted by Crippen LogP contribution is -2.36. The second-order valence-corrected chi connectivity index (χ2v) is 7.61. The van der Waals surface area contributed by atoms with E-state index in [0.29, 0.717) is 59.6 Å². The minimum Gasteiger partial charge on any atom is -0.422 e. The number of halogens is 1. The molecule has 10 heteroatoms. The Labute approximate surface area is 182 Å². The van der Waals surface area contributed by atoms with Gasteiger partial charge in [-0.3, -0.25) is 9.63 Å². The molecule has 0 atom stereocenters. The minimum absolute atomic E-state index is 0.106. The summed E-state index contributed by atoms with van der Waals surface area (Å²) >= 11 is 6.03. The van der Waals surface area contributed by atoms with Crippen LogP contribution < -0.4 is 5.06 Å². The number of carbonyl (C=O) groups is 1. The van der Waals surface area contributed by atoms with E-state index >= 15 is 0 Å². The van der Waals surface area contributed by atoms with Gasteiger partial charge in [0.1, 0.15) is 5.52 Å². The lowest BCUT2D eigenvalue weighted by molar-refractivity contribution is 0.0724. The summed E-state index contributed by atoms with van der Waals surface area (Å²) in [7, 11) is 0. The van der Waals surface area contributed by atoms with Crippen LogP contribution in [0.3, 0.4) is 0 Å². The highest BCUT2D eigenvalue weighted by molar-refractivity contribution is 6.31. The van der Waals surface area contributed by atoms with Gasteiger partial charge in [-0.25, -0.2) is 5.06 Å². The van der Waals surface area contributed by atoms with E-state index in [0.717, 1.165) is 5.56 Å². The van der Waals surface area contributed by atoms with Crippen LogP contribution in [0.15, 0.2) is 53.2 Å². The summed E-state index contributed by atoms with van der Waals surface area (Å²) in [6, 6.07) is 11.2. The highest BCUT2D eigenvalue weighted by Gasteiger charge is 2.26. The normalized spacial score (nSPS) is 14.8. The summed E-state index contributed by atoms with van der Waals surface area (Å²) in [5.41, 5.74) is 3.44. The second kappa shape index (κ2) is 8.01. The minimum atomic E-state index is -0.106. The molecule has 1 aliphatic rings. The number of oxazole rings is 1. The number of fused-ring (bicyclic) bond motifs is 1. The van der Waals surface area contributed by atoms with Crippen LogP contribution >= 0.6 is 11.6 Å². The first-order valence-corrected chi connectivity index (χ1v) is 10.2. The fourth-order valence-electron chi connectivity index (χ4n) is 3.50. The zero-order valence-corrected chi connectivity index (χ0v) is 17.5. The van der Waals surface area contributed by atoms with Crippen molar-refractivity contribution in [1.29, 1.82) is 0 Å². The number of nitrogens with zero attached hydrogens (tertiary/aromatic N) is 6. The molecule has 1 saturated heterocycles. The first kappa shape index (κ1) is 19.5. The molecule has 2 aromatic carbocycles. The van der Waals surface area contributed by atoms with Crippen molar-refractivity contribution in [2.75, 3.05) is 31.3 Å². The number of anilines is 1. The van der Waals surface area contributed by atoms with Crippen molar-refractivity contribution in [2.24, 2.45) is 0 Å². The van der Waals surface area contributed by atoms with Crippen molar-refractivity contribution in [3.63, 3.8) is 0 Å². The summed E-state index contributed by atoms with van der Waals surface area (Å²) in [6.45, 7) is 3.54. The Morgan fingerprint density at radius 1 is 1.06 bits per heavy atom. The van der Waals surface area contributed by atoms with Gasteiger partial charge in [-0.05, 0) is 31.2 Å². The van der Waals surface area contributed by atoms with E-state index in [1.54, 1.807) is 40.6 Å². The molecule has 158 valence electrons. The first-order valence-electron chi connectivity index (χ1n) is 9.82. The molecule has 1 aliphatic heterocycles. The molecule has 4 aromatic rings. The van der Waals surface area contributed by atoms with Crippen LogP contribution in [-0.2, 0) is 4.84 Å². The Morgan fingerprint density at radius 3 is 2.74 bits per heavy atom. The molecule has 1 fully saturated rings. The number of aromatic nitrogens is 4. The van der Waals surface area contributed by atoms with Crippen LogP contribution in [0.4, 0.5) is 6.01 Å². The summed E-state index contributed by atoms with van der Waals surface area (Å²) < 4.78 is 5.79. The molecule has 0 N–H and O–H groups in total. The molecule has 0 bridgehead atoms. The average Bonchev–Trinajstić information content (AvgIpc) is 3.37. The van der Waals surface area contributed by atoms with Crippen LogP contribution in [0.5, 0.6) is 0 Å². The molecule has 31 heavy (non-hydrogen) atoms. The topological polar surface area (TPSA) is 89.5 Å². The summed E-state index contributed by atoms with van der Waals surface area (Å²) in [4.78, 5) is 26.8. The largest absolute Gasteiger partial charge is 0.422 e. The zero-order chi connectivity index (χ0) is 21.4. The quantitative estimate of drug-likeness (QED) is 0.485. The van der Waals surface area contributed by atoms with Crippen molar-refractivity contribution in [3.05, 3.63) is 64.9 Å². The lowest BCUT2D eigenvalue weighted by Gasteiger charge is -2.21. The maximum absolute atomic E-state index is 13.4. The summed E-state index contributed by atoms with van der Waals surface area (Å²) in [6.07, 6.45) is 3.17. The van der Waals surface area contributed by atoms with E-state index in [1.165, 1.54) is 4.80 Å². The second-order valence-electron chi connectivity index (χ2n) is 7.18. The molecule has 0 aliphatic carbocycles. The standard InChI is InChI=1S/C21H19ClN6O3/c1-14-2-5-18(28-23-6-7-24-28)16(12-14)20(29)26-8-9-27(30-11-10-26)21-25-17-4-3-15(22)13-19(17)31-21/h2-7,12-13H,8-11H2,1H3. The Balaban J connectivity index is 1.37. The third-order valence-electron chi connectivity index (χ3n) is 5.04. The zero-order valence-electron chi connectivity index (χ0n) is 16.7. The van der Waals surface area contributed by atoms with Crippen LogP contribution in [0, 0.1) is 6.92 Å². The molecule has 2 aromatic heterocycles. The maximum atomic E-state index is 13.4. The maximum Gasteiger partial charge on any atom is 0.323 e. The van der Waals surface area contributed by atoms with Gasteiger partial charge in [0.05, 0.1) is 36.8 Å². The van der Waals surface area contributed by atoms with E-state index < -0.39 is 0 Å². The van der Waals surface area contributed by atoms with Crippen molar-refractivity contribution < 1.29 is 14.0 Å². The van der Waals surface area contributed by atoms with Gasteiger partial charge in [0.15, 0.2) is 5.58 Å². The van der Waals surface area contributed by atoms with Gasteiger partial charge in [0, 0.05) is 24.2 Å². The Bertz CT molecular complexity index is 1240. The number of benzene rings is 2. The Morgan fingerprint density at radius 2 is 1.90 bits per heavy atom. The molecule has 0 spiro atoms. The monoisotopic (exact) mass is 438 g/mol. The van der Waals surface area contributed by atoms with Crippen LogP contribution in [0.2, 0.25) is 5.02 Å². The fraction of sp³-hybridized carbons (Fsp3) is 0.238.